The van der Waals surface area contributed by atoms with Crippen LogP contribution in [-0.4, -0.2) is 63.2 Å². The number of amides is 2. The van der Waals surface area contributed by atoms with Crippen LogP contribution in [0, 0.1) is 5.82 Å². The molecule has 0 saturated carbocycles. The Labute approximate surface area is 231 Å². The molecule has 0 fully saturated rings. The van der Waals surface area contributed by atoms with E-state index in [0.29, 0.717) is 0 Å². The minimum absolute atomic E-state index is 0.0580. The fourth-order valence-corrected chi connectivity index (χ4v) is 5.38. The molecule has 0 aliphatic heterocycles. The lowest BCUT2D eigenvalue weighted by Gasteiger charge is -2.34. The smallest absolute Gasteiger partial charge is 0.304 e. The van der Waals surface area contributed by atoms with Crippen molar-refractivity contribution in [3.8, 4) is 0 Å². The molecule has 0 aliphatic carbocycles. The molecule has 0 radical (unpaired) electrons. The average Bonchev–Trinajstić information content (AvgIpc) is 2.89. The van der Waals surface area contributed by atoms with Gasteiger partial charge in [0.05, 0.1) is 5.69 Å². The summed E-state index contributed by atoms with van der Waals surface area (Å²) in [6, 6.07) is 20.5. The third-order valence-corrected chi connectivity index (χ3v) is 8.21. The average molecular weight is 606 g/mol. The van der Waals surface area contributed by atoms with E-state index in [4.69, 9.17) is 0 Å². The molecule has 2 amide bonds. The summed E-state index contributed by atoms with van der Waals surface area (Å²) in [5.74, 6) is -1.52. The zero-order chi connectivity index (χ0) is 27.9. The maximum atomic E-state index is 13.9. The monoisotopic (exact) mass is 604 g/mol. The van der Waals surface area contributed by atoms with E-state index in [1.54, 1.807) is 0 Å². The van der Waals surface area contributed by atoms with Crippen LogP contribution in [0.5, 0.6) is 0 Å². The highest BCUT2D eigenvalue weighted by Gasteiger charge is 2.34. The Kier molecular flexibility index (Phi) is 10.0. The van der Waals surface area contributed by atoms with Crippen molar-refractivity contribution in [1.29, 1.82) is 0 Å². The van der Waals surface area contributed by atoms with Gasteiger partial charge in [0, 0.05) is 38.6 Å². The highest BCUT2D eigenvalue weighted by Crippen LogP contribution is 2.23. The number of rotatable bonds is 11. The molecule has 0 spiro atoms. The Morgan fingerprint density at radius 2 is 1.58 bits per heavy atom. The van der Waals surface area contributed by atoms with Crippen molar-refractivity contribution in [3.05, 3.63) is 100 Å². The number of hydrogen-bond donors (Lipinski definition) is 1. The van der Waals surface area contributed by atoms with Crippen molar-refractivity contribution in [1.82, 2.24) is 14.5 Å². The predicted octanol–water partition coefficient (Wildman–Crippen LogP) is 3.59. The van der Waals surface area contributed by atoms with Gasteiger partial charge in [0.15, 0.2) is 0 Å². The van der Waals surface area contributed by atoms with Gasteiger partial charge in [-0.2, -0.15) is 12.7 Å². The summed E-state index contributed by atoms with van der Waals surface area (Å²) in [4.78, 5) is 28.4. The van der Waals surface area contributed by atoms with Crippen LogP contribution in [0.1, 0.15) is 11.1 Å². The van der Waals surface area contributed by atoms with Gasteiger partial charge in [-0.25, -0.2) is 8.70 Å². The minimum atomic E-state index is -4.13. The van der Waals surface area contributed by atoms with Gasteiger partial charge < -0.3 is 10.2 Å². The van der Waals surface area contributed by atoms with Crippen molar-refractivity contribution in [3.63, 3.8) is 0 Å². The van der Waals surface area contributed by atoms with Crippen LogP contribution in [-0.2, 0) is 32.8 Å². The molecule has 0 heterocycles. The first kappa shape index (κ1) is 29.3. The standard InChI is InChI=1S/C27H30BrFN4O4S/c1-30-27(35)25(17-20-8-5-4-6-9-20)32(18-21-10-7-11-22(28)16-21)26(34)19-33(38(36,37)31(2)3)24-14-12-23(29)13-15-24/h4-16,25H,17-19H2,1-3H3,(H,30,35)/t25-/m0/s1. The quantitative estimate of drug-likeness (QED) is 0.362. The second-order valence-corrected chi connectivity index (χ2v) is 11.7. The fraction of sp³-hybridized carbons (Fsp3) is 0.259. The molecule has 8 nitrogen and oxygen atoms in total. The number of hydrogen-bond acceptors (Lipinski definition) is 4. The number of benzene rings is 3. The summed E-state index contributed by atoms with van der Waals surface area (Å²) >= 11 is 3.43. The van der Waals surface area contributed by atoms with Crippen LogP contribution in [0.4, 0.5) is 10.1 Å². The molecule has 202 valence electrons. The van der Waals surface area contributed by atoms with E-state index in [1.165, 1.54) is 38.2 Å². The van der Waals surface area contributed by atoms with Gasteiger partial charge in [-0.1, -0.05) is 58.4 Å². The van der Waals surface area contributed by atoms with E-state index in [0.717, 1.165) is 36.3 Å². The number of nitrogens with zero attached hydrogens (tertiary/aromatic N) is 3. The number of nitrogens with one attached hydrogen (secondary N) is 1. The molecule has 0 bridgehead atoms. The van der Waals surface area contributed by atoms with E-state index in [1.807, 2.05) is 54.6 Å². The zero-order valence-corrected chi connectivity index (χ0v) is 23.7. The van der Waals surface area contributed by atoms with Crippen molar-refractivity contribution >= 4 is 43.6 Å². The molecule has 3 aromatic rings. The molecule has 0 unspecified atom stereocenters. The Morgan fingerprint density at radius 1 is 0.947 bits per heavy atom. The molecule has 38 heavy (non-hydrogen) atoms. The predicted molar refractivity (Wildman–Crippen MR) is 149 cm³/mol. The highest BCUT2D eigenvalue weighted by atomic mass is 79.9. The lowest BCUT2D eigenvalue weighted by molar-refractivity contribution is -0.139. The summed E-state index contributed by atoms with van der Waals surface area (Å²) < 4.78 is 42.7. The SMILES string of the molecule is CNC(=O)[C@H](Cc1ccccc1)N(Cc1cccc(Br)c1)C(=O)CN(c1ccc(F)cc1)S(=O)(=O)N(C)C. The molecule has 0 aromatic heterocycles. The zero-order valence-electron chi connectivity index (χ0n) is 21.3. The second kappa shape index (κ2) is 13.0. The number of carbonyl (C=O) groups excluding carboxylic acids is 2. The summed E-state index contributed by atoms with van der Waals surface area (Å²) in [7, 11) is 0.0459. The number of halogens is 2. The largest absolute Gasteiger partial charge is 0.357 e. The lowest BCUT2D eigenvalue weighted by atomic mass is 10.0. The third kappa shape index (κ3) is 7.40. The van der Waals surface area contributed by atoms with Crippen molar-refractivity contribution in [2.45, 2.75) is 19.0 Å². The topological polar surface area (TPSA) is 90.0 Å². The van der Waals surface area contributed by atoms with Crippen LogP contribution in [0.2, 0.25) is 0 Å². The van der Waals surface area contributed by atoms with Crippen LogP contribution in [0.25, 0.3) is 0 Å². The molecule has 1 atom stereocenters. The molecule has 3 rings (SSSR count). The summed E-state index contributed by atoms with van der Waals surface area (Å²) in [5, 5.41) is 2.63. The maximum Gasteiger partial charge on any atom is 0.304 e. The first-order chi connectivity index (χ1) is 18.0. The molecule has 3 aromatic carbocycles. The molecular formula is C27H30BrFN4O4S. The molecule has 0 saturated heterocycles. The van der Waals surface area contributed by atoms with Gasteiger partial charge in [-0.15, -0.1) is 0 Å². The first-order valence-corrected chi connectivity index (χ1v) is 14.0. The van der Waals surface area contributed by atoms with Gasteiger partial charge >= 0.3 is 10.2 Å². The Morgan fingerprint density at radius 3 is 2.16 bits per heavy atom. The fourth-order valence-electron chi connectivity index (χ4n) is 3.88. The summed E-state index contributed by atoms with van der Waals surface area (Å²) in [6.07, 6.45) is 0.219. The van der Waals surface area contributed by atoms with Crippen LogP contribution >= 0.6 is 15.9 Å². The third-order valence-electron chi connectivity index (χ3n) is 5.89. The second-order valence-electron chi connectivity index (χ2n) is 8.74. The highest BCUT2D eigenvalue weighted by molar-refractivity contribution is 9.10. The normalized spacial score (nSPS) is 12.2. The van der Waals surface area contributed by atoms with Crippen LogP contribution in [0.3, 0.4) is 0 Å². The van der Waals surface area contributed by atoms with Crippen molar-refractivity contribution in [2.75, 3.05) is 32.0 Å². The van der Waals surface area contributed by atoms with E-state index in [-0.39, 0.29) is 24.6 Å². The van der Waals surface area contributed by atoms with Crippen LogP contribution in [0.15, 0.2) is 83.3 Å². The Hall–Kier alpha value is -3.28. The maximum absolute atomic E-state index is 13.9. The molecule has 11 heteroatoms. The number of likely N-dealkylation sites (N-methyl/N-ethyl adjacent to an activating group) is 1. The van der Waals surface area contributed by atoms with Gasteiger partial charge in [-0.05, 0) is 47.5 Å². The first-order valence-electron chi connectivity index (χ1n) is 11.8. The lowest BCUT2D eigenvalue weighted by Crippen LogP contribution is -2.53. The molecule has 1 N–H and O–H groups in total. The van der Waals surface area contributed by atoms with Gasteiger partial charge in [-0.3, -0.25) is 9.59 Å². The van der Waals surface area contributed by atoms with Crippen molar-refractivity contribution in [2.24, 2.45) is 0 Å². The van der Waals surface area contributed by atoms with Crippen molar-refractivity contribution < 1.29 is 22.4 Å². The number of anilines is 1. The van der Waals surface area contributed by atoms with Gasteiger partial charge in [0.25, 0.3) is 0 Å². The Bertz CT molecular complexity index is 1360. The Balaban J connectivity index is 2.06. The van der Waals surface area contributed by atoms with E-state index in [2.05, 4.69) is 21.2 Å². The number of carbonyl (C=O) groups is 2. The minimum Gasteiger partial charge on any atom is -0.357 e. The summed E-state index contributed by atoms with van der Waals surface area (Å²) in [5.41, 5.74) is 1.71. The van der Waals surface area contributed by atoms with Gasteiger partial charge in [0.2, 0.25) is 11.8 Å². The van der Waals surface area contributed by atoms with Gasteiger partial charge in [0.1, 0.15) is 18.4 Å². The van der Waals surface area contributed by atoms with E-state index < -0.39 is 34.5 Å². The van der Waals surface area contributed by atoms with Crippen LogP contribution < -0.4 is 9.62 Å². The molecule has 0 aliphatic rings. The molecular weight excluding hydrogens is 575 g/mol. The summed E-state index contributed by atoms with van der Waals surface area (Å²) in [6.45, 7) is -0.537. The van der Waals surface area contributed by atoms with E-state index >= 15 is 0 Å². The van der Waals surface area contributed by atoms with E-state index in [9.17, 15) is 22.4 Å².